The smallest absolute Gasteiger partial charge is 0.319 e. The molecule has 2 aliphatic heterocycles. The summed E-state index contributed by atoms with van der Waals surface area (Å²) in [7, 11) is 1.84. The van der Waals surface area contributed by atoms with Crippen molar-refractivity contribution in [1.82, 2.24) is 19.8 Å². The number of rotatable bonds is 6. The number of halogens is 4. The number of amides is 1. The number of benzene rings is 2. The molecule has 1 amide bonds. The minimum absolute atomic E-state index is 0.0247. The lowest BCUT2D eigenvalue weighted by Gasteiger charge is -2.40. The lowest BCUT2D eigenvalue weighted by atomic mass is 9.85. The molecule has 3 aromatic rings. The highest BCUT2D eigenvalue weighted by molar-refractivity contribution is 6.34. The monoisotopic (exact) mass is 613 g/mol. The summed E-state index contributed by atoms with van der Waals surface area (Å²) < 4.78 is 50.3. The molecule has 3 aliphatic rings. The van der Waals surface area contributed by atoms with Crippen LogP contribution in [0.3, 0.4) is 0 Å². The first-order valence-electron chi connectivity index (χ1n) is 14.8. The van der Waals surface area contributed by atoms with Crippen molar-refractivity contribution in [1.29, 1.82) is 0 Å². The van der Waals surface area contributed by atoms with Gasteiger partial charge < -0.3 is 14.5 Å². The van der Waals surface area contributed by atoms with Crippen LogP contribution in [-0.4, -0.2) is 83.8 Å². The molecule has 1 aliphatic carbocycles. The van der Waals surface area contributed by atoms with Crippen LogP contribution in [0.2, 0.25) is 5.02 Å². The molecule has 3 heterocycles. The molecule has 7 nitrogen and oxygen atoms in total. The molecule has 0 spiro atoms. The Morgan fingerprint density at radius 3 is 2.70 bits per heavy atom. The van der Waals surface area contributed by atoms with E-state index in [-0.39, 0.29) is 48.3 Å². The van der Waals surface area contributed by atoms with Gasteiger partial charge in [-0.2, -0.15) is 9.97 Å². The number of likely N-dealkylation sites (N-methyl/N-ethyl adjacent to an activating group) is 1. The molecule has 0 saturated carbocycles. The number of alkyl halides is 1. The average Bonchev–Trinajstić information content (AvgIpc) is 3.32. The van der Waals surface area contributed by atoms with Crippen LogP contribution in [0.25, 0.3) is 22.0 Å². The molecule has 0 bridgehead atoms. The number of aryl methyl sites for hydroxylation is 1. The molecule has 228 valence electrons. The molecule has 0 N–H and O–H groups in total. The van der Waals surface area contributed by atoms with Crippen molar-refractivity contribution < 1.29 is 22.7 Å². The largest absolute Gasteiger partial charge is 0.462 e. The van der Waals surface area contributed by atoms with Gasteiger partial charge in [-0.25, -0.2) is 13.2 Å². The van der Waals surface area contributed by atoms with Crippen LogP contribution < -0.4 is 9.64 Å². The molecule has 3 atom stereocenters. The number of likely N-dealkylation sites (tertiary alicyclic amines) is 1. The Hall–Kier alpha value is -3.37. The summed E-state index contributed by atoms with van der Waals surface area (Å²) in [5.74, 6) is -1.92. The first-order chi connectivity index (χ1) is 20.6. The van der Waals surface area contributed by atoms with Gasteiger partial charge in [-0.15, -0.1) is 0 Å². The predicted molar refractivity (Wildman–Crippen MR) is 162 cm³/mol. The second-order valence-corrected chi connectivity index (χ2v) is 12.3. The summed E-state index contributed by atoms with van der Waals surface area (Å²) in [6, 6.07) is 7.14. The Labute approximate surface area is 254 Å². The van der Waals surface area contributed by atoms with E-state index in [0.717, 1.165) is 36.8 Å². The SMILES string of the molecule is C=C(F)C(=O)N1CCN(c2nc(OC[C@@H]3C[C@@H](F)CN3C)nc3c(F)c(-c4cccc5c4CCCC5)c(Cl)cc23)[C@@H](C)C1. The van der Waals surface area contributed by atoms with Crippen molar-refractivity contribution in [3.05, 3.63) is 58.6 Å². The summed E-state index contributed by atoms with van der Waals surface area (Å²) in [4.78, 5) is 26.7. The van der Waals surface area contributed by atoms with Crippen molar-refractivity contribution in [2.24, 2.45) is 0 Å². The maximum Gasteiger partial charge on any atom is 0.319 e. The minimum atomic E-state index is -1.01. The van der Waals surface area contributed by atoms with Crippen molar-refractivity contribution in [2.75, 3.05) is 44.7 Å². The number of carbonyl (C=O) groups excluding carboxylic acids is 1. The Morgan fingerprint density at radius 1 is 1.19 bits per heavy atom. The van der Waals surface area contributed by atoms with Crippen molar-refractivity contribution in [3.8, 4) is 17.1 Å². The van der Waals surface area contributed by atoms with E-state index in [1.165, 1.54) is 10.5 Å². The quantitative estimate of drug-likeness (QED) is 0.322. The van der Waals surface area contributed by atoms with Gasteiger partial charge >= 0.3 is 6.01 Å². The predicted octanol–water partition coefficient (Wildman–Crippen LogP) is 5.91. The zero-order valence-electron chi connectivity index (χ0n) is 24.4. The highest BCUT2D eigenvalue weighted by atomic mass is 35.5. The van der Waals surface area contributed by atoms with Crippen LogP contribution in [0.4, 0.5) is 19.0 Å². The number of piperazine rings is 1. The van der Waals surface area contributed by atoms with Crippen LogP contribution >= 0.6 is 11.6 Å². The van der Waals surface area contributed by atoms with Gasteiger partial charge in [0.1, 0.15) is 24.1 Å². The van der Waals surface area contributed by atoms with E-state index >= 15 is 4.39 Å². The fraction of sp³-hybridized carbons (Fsp3) is 0.469. The zero-order valence-corrected chi connectivity index (χ0v) is 25.1. The van der Waals surface area contributed by atoms with E-state index in [1.807, 2.05) is 35.9 Å². The number of nitrogens with zero attached hydrogens (tertiary/aromatic N) is 5. The third-order valence-electron chi connectivity index (χ3n) is 8.97. The van der Waals surface area contributed by atoms with Crippen LogP contribution in [0.15, 0.2) is 36.7 Å². The Balaban J connectivity index is 1.44. The molecule has 1 aromatic heterocycles. The van der Waals surface area contributed by atoms with Gasteiger partial charge in [0.2, 0.25) is 0 Å². The highest BCUT2D eigenvalue weighted by Crippen LogP contribution is 2.42. The molecule has 43 heavy (non-hydrogen) atoms. The molecule has 0 unspecified atom stereocenters. The summed E-state index contributed by atoms with van der Waals surface area (Å²) in [6.07, 6.45) is 3.30. The number of anilines is 1. The van der Waals surface area contributed by atoms with Gasteiger partial charge in [-0.1, -0.05) is 36.4 Å². The summed E-state index contributed by atoms with van der Waals surface area (Å²) in [5.41, 5.74) is 3.44. The van der Waals surface area contributed by atoms with E-state index in [9.17, 15) is 13.6 Å². The average molecular weight is 614 g/mol. The van der Waals surface area contributed by atoms with E-state index < -0.39 is 23.7 Å². The lowest BCUT2D eigenvalue weighted by molar-refractivity contribution is -0.129. The summed E-state index contributed by atoms with van der Waals surface area (Å²) in [6.45, 7) is 6.24. The van der Waals surface area contributed by atoms with Gasteiger partial charge in [-0.05, 0) is 68.8 Å². The van der Waals surface area contributed by atoms with E-state index in [1.54, 1.807) is 6.07 Å². The van der Waals surface area contributed by atoms with E-state index in [4.69, 9.17) is 21.3 Å². The van der Waals surface area contributed by atoms with Crippen LogP contribution in [0.1, 0.15) is 37.3 Å². The molecule has 2 fully saturated rings. The third-order valence-corrected chi connectivity index (χ3v) is 9.27. The Kier molecular flexibility index (Phi) is 8.26. The van der Waals surface area contributed by atoms with Crippen molar-refractivity contribution >= 4 is 34.2 Å². The van der Waals surface area contributed by atoms with E-state index in [2.05, 4.69) is 17.6 Å². The zero-order chi connectivity index (χ0) is 30.4. The molecular weight excluding hydrogens is 579 g/mol. The van der Waals surface area contributed by atoms with Gasteiger partial charge in [-0.3, -0.25) is 9.69 Å². The number of carbonyl (C=O) groups is 1. The molecule has 6 rings (SSSR count). The van der Waals surface area contributed by atoms with E-state index in [0.29, 0.717) is 36.3 Å². The normalized spacial score (nSPS) is 22.6. The Morgan fingerprint density at radius 2 is 1.98 bits per heavy atom. The van der Waals surface area contributed by atoms with Gasteiger partial charge in [0, 0.05) is 49.2 Å². The van der Waals surface area contributed by atoms with Gasteiger partial charge in [0.05, 0.1) is 5.02 Å². The van der Waals surface area contributed by atoms with Crippen LogP contribution in [0.5, 0.6) is 6.01 Å². The first kappa shape index (κ1) is 29.7. The first-order valence-corrected chi connectivity index (χ1v) is 15.2. The maximum absolute atomic E-state index is 16.7. The van der Waals surface area contributed by atoms with Crippen molar-refractivity contribution in [2.45, 2.75) is 57.3 Å². The van der Waals surface area contributed by atoms with Gasteiger partial charge in [0.25, 0.3) is 5.91 Å². The molecular formula is C32H35ClF3N5O2. The lowest BCUT2D eigenvalue weighted by Crippen LogP contribution is -2.54. The van der Waals surface area contributed by atoms with Crippen molar-refractivity contribution in [3.63, 3.8) is 0 Å². The second kappa shape index (κ2) is 12.0. The summed E-state index contributed by atoms with van der Waals surface area (Å²) in [5, 5.41) is 0.658. The molecule has 0 radical (unpaired) electrons. The van der Waals surface area contributed by atoms with Gasteiger partial charge in [0.15, 0.2) is 11.6 Å². The third kappa shape index (κ3) is 5.67. The highest BCUT2D eigenvalue weighted by Gasteiger charge is 2.33. The second-order valence-electron chi connectivity index (χ2n) is 11.9. The van der Waals surface area contributed by atoms with Crippen LogP contribution in [0, 0.1) is 5.82 Å². The number of ether oxygens (including phenoxy) is 1. The topological polar surface area (TPSA) is 61.8 Å². The molecule has 2 aromatic carbocycles. The molecule has 11 heteroatoms. The number of aromatic nitrogens is 2. The standard InChI is InChI=1S/C32H35ClF3N5O2/c1-18-15-40(31(42)19(2)34)11-12-41(18)30-25-14-26(33)27(24-10-6-8-20-7-4-5-9-23(20)24)28(36)29(25)37-32(38-30)43-17-22-13-21(35)16-39(22)3/h6,8,10,14,18,21-22H,2,4-5,7,9,11-13,15-17H2,1,3H3/t18-,21+,22-/m0/s1. The maximum atomic E-state index is 16.7. The Bertz CT molecular complexity index is 1590. The fourth-order valence-electron chi connectivity index (χ4n) is 6.71. The molecule has 2 saturated heterocycles. The van der Waals surface area contributed by atoms with Crippen LogP contribution in [-0.2, 0) is 17.6 Å². The number of fused-ring (bicyclic) bond motifs is 2. The number of hydrogen-bond acceptors (Lipinski definition) is 6. The number of hydrogen-bond donors (Lipinski definition) is 0. The fourth-order valence-corrected chi connectivity index (χ4v) is 7.01. The minimum Gasteiger partial charge on any atom is -0.462 e. The summed E-state index contributed by atoms with van der Waals surface area (Å²) >= 11 is 6.86.